The topological polar surface area (TPSA) is 38.2 Å². The van der Waals surface area contributed by atoms with Crippen molar-refractivity contribution in [2.24, 2.45) is 0 Å². The second kappa shape index (κ2) is 3.59. The summed E-state index contributed by atoms with van der Waals surface area (Å²) >= 11 is 1.34. The molecule has 5 heteroatoms. The zero-order chi connectivity index (χ0) is 9.26. The van der Waals surface area contributed by atoms with E-state index in [4.69, 9.17) is 4.74 Å². The first kappa shape index (κ1) is 8.90. The molecule has 1 aliphatic rings. The number of rotatable bonds is 2. The Morgan fingerprint density at radius 2 is 2.46 bits per heavy atom. The fraction of sp³-hybridized carbons (Fsp3) is 0.750. The van der Waals surface area contributed by atoms with Crippen LogP contribution in [0.3, 0.4) is 0 Å². The summed E-state index contributed by atoms with van der Waals surface area (Å²) in [5.74, 6) is 0.798. The molecule has 2 heterocycles. The van der Waals surface area contributed by atoms with Crippen molar-refractivity contribution in [3.63, 3.8) is 0 Å². The molecule has 0 aliphatic carbocycles. The van der Waals surface area contributed by atoms with Crippen LogP contribution in [0, 0.1) is 6.92 Å². The first-order chi connectivity index (χ1) is 6.24. The molecule has 1 aromatic heterocycles. The number of hydrogen-bond acceptors (Lipinski definition) is 5. The second-order valence-electron chi connectivity index (χ2n) is 3.40. The van der Waals surface area contributed by atoms with Crippen molar-refractivity contribution >= 4 is 11.5 Å². The minimum atomic E-state index is 0.303. The van der Waals surface area contributed by atoms with Crippen LogP contribution in [0.4, 0.5) is 0 Å². The van der Waals surface area contributed by atoms with Crippen molar-refractivity contribution in [3.8, 4) is 5.19 Å². The first-order valence-electron chi connectivity index (χ1n) is 4.39. The smallest absolute Gasteiger partial charge is 0.293 e. The lowest BCUT2D eigenvalue weighted by atomic mass is 10.3. The van der Waals surface area contributed by atoms with Gasteiger partial charge in [0.25, 0.3) is 5.19 Å². The number of likely N-dealkylation sites (tertiary alicyclic amines) is 1. The van der Waals surface area contributed by atoms with Crippen LogP contribution in [0.15, 0.2) is 0 Å². The average molecular weight is 199 g/mol. The van der Waals surface area contributed by atoms with Crippen LogP contribution in [-0.2, 0) is 0 Å². The molecule has 0 spiro atoms. The van der Waals surface area contributed by atoms with E-state index in [2.05, 4.69) is 21.3 Å². The van der Waals surface area contributed by atoms with E-state index in [1.807, 2.05) is 6.92 Å². The van der Waals surface area contributed by atoms with Crippen LogP contribution in [0.1, 0.15) is 12.2 Å². The minimum Gasteiger partial charge on any atom is -0.464 e. The van der Waals surface area contributed by atoms with E-state index in [9.17, 15) is 0 Å². The number of hydrogen-bond donors (Lipinski definition) is 0. The summed E-state index contributed by atoms with van der Waals surface area (Å²) in [6, 6.07) is 0. The molecule has 0 amide bonds. The van der Waals surface area contributed by atoms with Gasteiger partial charge in [-0.1, -0.05) is 0 Å². The predicted molar refractivity (Wildman–Crippen MR) is 51.2 cm³/mol. The van der Waals surface area contributed by atoms with E-state index >= 15 is 0 Å². The fourth-order valence-corrected chi connectivity index (χ4v) is 2.06. The molecule has 1 saturated heterocycles. The van der Waals surface area contributed by atoms with Gasteiger partial charge in [0.1, 0.15) is 11.9 Å². The molecule has 4 nitrogen and oxygen atoms in total. The SMILES string of the molecule is Cc1nsc(OC2CCN(C)C2)n1. The van der Waals surface area contributed by atoms with Crippen LogP contribution >= 0.6 is 11.5 Å². The van der Waals surface area contributed by atoms with E-state index in [0.717, 1.165) is 25.3 Å². The van der Waals surface area contributed by atoms with Gasteiger partial charge >= 0.3 is 0 Å². The summed E-state index contributed by atoms with van der Waals surface area (Å²) in [5, 5.41) is 0.706. The summed E-state index contributed by atoms with van der Waals surface area (Å²) in [6.07, 6.45) is 1.40. The Bertz CT molecular complexity index is 289. The molecular formula is C8H13N3OS. The lowest BCUT2D eigenvalue weighted by molar-refractivity contribution is 0.207. The molecule has 1 fully saturated rings. The Labute approximate surface area is 81.7 Å². The Morgan fingerprint density at radius 3 is 3.00 bits per heavy atom. The maximum atomic E-state index is 5.67. The first-order valence-corrected chi connectivity index (χ1v) is 5.17. The summed E-state index contributed by atoms with van der Waals surface area (Å²) in [7, 11) is 2.11. The molecular weight excluding hydrogens is 186 g/mol. The van der Waals surface area contributed by atoms with Gasteiger partial charge in [0.05, 0.1) is 0 Å². The number of aromatic nitrogens is 2. The Balaban J connectivity index is 1.91. The lowest BCUT2D eigenvalue weighted by Crippen LogP contribution is -2.21. The maximum Gasteiger partial charge on any atom is 0.293 e. The van der Waals surface area contributed by atoms with E-state index in [1.54, 1.807) is 0 Å². The van der Waals surface area contributed by atoms with Gasteiger partial charge in [-0.2, -0.15) is 9.36 Å². The third-order valence-electron chi connectivity index (χ3n) is 2.12. The highest BCUT2D eigenvalue weighted by Gasteiger charge is 2.21. The average Bonchev–Trinajstić information content (AvgIpc) is 2.62. The van der Waals surface area contributed by atoms with Gasteiger partial charge in [-0.05, 0) is 20.4 Å². The molecule has 1 unspecified atom stereocenters. The predicted octanol–water partition coefficient (Wildman–Crippen LogP) is 0.929. The zero-order valence-electron chi connectivity index (χ0n) is 7.86. The molecule has 0 N–H and O–H groups in total. The highest BCUT2D eigenvalue weighted by Crippen LogP contribution is 2.19. The van der Waals surface area contributed by atoms with Crippen LogP contribution in [0.2, 0.25) is 0 Å². The normalized spacial score (nSPS) is 23.7. The van der Waals surface area contributed by atoms with Crippen molar-refractivity contribution in [2.75, 3.05) is 20.1 Å². The van der Waals surface area contributed by atoms with Crippen molar-refractivity contribution in [1.82, 2.24) is 14.3 Å². The standard InChI is InChI=1S/C8H13N3OS/c1-6-9-8(13-10-6)12-7-3-4-11(2)5-7/h7H,3-5H2,1-2H3. The van der Waals surface area contributed by atoms with E-state index in [1.165, 1.54) is 11.5 Å². The summed E-state index contributed by atoms with van der Waals surface area (Å²) < 4.78 is 9.74. The molecule has 0 aromatic carbocycles. The number of ether oxygens (including phenoxy) is 1. The summed E-state index contributed by atoms with van der Waals surface area (Å²) in [5.41, 5.74) is 0. The highest BCUT2D eigenvalue weighted by molar-refractivity contribution is 7.07. The van der Waals surface area contributed by atoms with Gasteiger partial charge in [-0.15, -0.1) is 0 Å². The number of aryl methyl sites for hydroxylation is 1. The van der Waals surface area contributed by atoms with Gasteiger partial charge in [-0.3, -0.25) is 0 Å². The highest BCUT2D eigenvalue weighted by atomic mass is 32.1. The Hall–Kier alpha value is -0.680. The van der Waals surface area contributed by atoms with Crippen molar-refractivity contribution in [3.05, 3.63) is 5.82 Å². The van der Waals surface area contributed by atoms with E-state index in [0.29, 0.717) is 11.3 Å². The molecule has 2 rings (SSSR count). The molecule has 1 aliphatic heterocycles. The Kier molecular flexibility index (Phi) is 2.46. The van der Waals surface area contributed by atoms with Crippen LogP contribution in [0.25, 0.3) is 0 Å². The van der Waals surface area contributed by atoms with Crippen LogP contribution in [-0.4, -0.2) is 40.5 Å². The summed E-state index contributed by atoms with van der Waals surface area (Å²) in [4.78, 5) is 6.43. The van der Waals surface area contributed by atoms with Gasteiger partial charge in [0, 0.05) is 24.6 Å². The van der Waals surface area contributed by atoms with Gasteiger partial charge < -0.3 is 9.64 Å². The van der Waals surface area contributed by atoms with Crippen LogP contribution in [0.5, 0.6) is 5.19 Å². The van der Waals surface area contributed by atoms with E-state index in [-0.39, 0.29) is 0 Å². The third kappa shape index (κ3) is 2.16. The molecule has 72 valence electrons. The monoisotopic (exact) mass is 199 g/mol. The molecule has 0 radical (unpaired) electrons. The molecule has 13 heavy (non-hydrogen) atoms. The lowest BCUT2D eigenvalue weighted by Gasteiger charge is -2.09. The molecule has 1 aromatic rings. The van der Waals surface area contributed by atoms with Crippen molar-refractivity contribution < 1.29 is 4.74 Å². The zero-order valence-corrected chi connectivity index (χ0v) is 8.67. The quantitative estimate of drug-likeness (QED) is 0.710. The molecule has 0 saturated carbocycles. The van der Waals surface area contributed by atoms with Crippen molar-refractivity contribution in [2.45, 2.75) is 19.4 Å². The van der Waals surface area contributed by atoms with Gasteiger partial charge in [0.2, 0.25) is 0 Å². The minimum absolute atomic E-state index is 0.303. The third-order valence-corrected chi connectivity index (χ3v) is 2.82. The largest absolute Gasteiger partial charge is 0.464 e. The van der Waals surface area contributed by atoms with Gasteiger partial charge in [-0.25, -0.2) is 0 Å². The summed E-state index contributed by atoms with van der Waals surface area (Å²) in [6.45, 7) is 3.99. The van der Waals surface area contributed by atoms with Crippen molar-refractivity contribution in [1.29, 1.82) is 0 Å². The number of nitrogens with zero attached hydrogens (tertiary/aromatic N) is 3. The second-order valence-corrected chi connectivity index (χ2v) is 4.11. The van der Waals surface area contributed by atoms with Gasteiger partial charge in [0.15, 0.2) is 0 Å². The maximum absolute atomic E-state index is 5.67. The van der Waals surface area contributed by atoms with E-state index < -0.39 is 0 Å². The molecule has 0 bridgehead atoms. The Morgan fingerprint density at radius 1 is 1.62 bits per heavy atom. The molecule has 1 atom stereocenters. The number of likely N-dealkylation sites (N-methyl/N-ethyl adjacent to an activating group) is 1. The fourth-order valence-electron chi connectivity index (χ4n) is 1.46. The van der Waals surface area contributed by atoms with Crippen LogP contribution < -0.4 is 4.74 Å².